The number of hydrogen-bond acceptors (Lipinski definition) is 4. The molecule has 5 nitrogen and oxygen atoms in total. The van der Waals surface area contributed by atoms with Crippen molar-refractivity contribution in [2.45, 2.75) is 31.6 Å². The average Bonchev–Trinajstić information content (AvgIpc) is 3.10. The minimum atomic E-state index is -0.368. The van der Waals surface area contributed by atoms with Crippen molar-refractivity contribution in [1.82, 2.24) is 15.0 Å². The number of hydrogen-bond donors (Lipinski definition) is 0. The summed E-state index contributed by atoms with van der Waals surface area (Å²) in [4.78, 5) is 18.2. The van der Waals surface area contributed by atoms with E-state index in [9.17, 15) is 9.18 Å². The maximum atomic E-state index is 13.8. The molecule has 6 heteroatoms. The summed E-state index contributed by atoms with van der Waals surface area (Å²) in [5.41, 5.74) is 0.338. The Hall–Kier alpha value is -2.50. The summed E-state index contributed by atoms with van der Waals surface area (Å²) in [5, 5.41) is 3.90. The lowest BCUT2D eigenvalue weighted by molar-refractivity contribution is -0.132. The van der Waals surface area contributed by atoms with Gasteiger partial charge in [0.1, 0.15) is 5.82 Å². The molecular weight excluding hydrogens is 309 g/mol. The Kier molecular flexibility index (Phi) is 5.03. The third-order valence-corrected chi connectivity index (χ3v) is 4.32. The second-order valence-electron chi connectivity index (χ2n) is 5.92. The summed E-state index contributed by atoms with van der Waals surface area (Å²) in [7, 11) is 0. The second-order valence-corrected chi connectivity index (χ2v) is 5.92. The minimum Gasteiger partial charge on any atom is -0.343 e. The Morgan fingerprint density at radius 1 is 1.38 bits per heavy atom. The predicted octanol–water partition coefficient (Wildman–Crippen LogP) is 3.55. The molecule has 2 aromatic rings. The zero-order chi connectivity index (χ0) is 16.9. The molecule has 0 bridgehead atoms. The van der Waals surface area contributed by atoms with Crippen LogP contribution in [0.5, 0.6) is 0 Å². The van der Waals surface area contributed by atoms with Crippen LogP contribution < -0.4 is 0 Å². The van der Waals surface area contributed by atoms with E-state index in [1.807, 2.05) is 4.90 Å². The first-order valence-corrected chi connectivity index (χ1v) is 8.16. The molecule has 0 unspecified atom stereocenters. The predicted molar refractivity (Wildman–Crippen MR) is 87.7 cm³/mol. The number of amides is 1. The lowest BCUT2D eigenvalue weighted by Crippen LogP contribution is -2.37. The van der Waals surface area contributed by atoms with Crippen LogP contribution in [0.3, 0.4) is 0 Å². The summed E-state index contributed by atoms with van der Waals surface area (Å²) >= 11 is 0. The van der Waals surface area contributed by atoms with Crippen LogP contribution in [0.15, 0.2) is 41.4 Å². The van der Waals surface area contributed by atoms with Gasteiger partial charge in [-0.1, -0.05) is 23.4 Å². The van der Waals surface area contributed by atoms with E-state index in [4.69, 9.17) is 4.52 Å². The van der Waals surface area contributed by atoms with Gasteiger partial charge in [-0.3, -0.25) is 4.79 Å². The van der Waals surface area contributed by atoms with Crippen LogP contribution >= 0.6 is 0 Å². The lowest BCUT2D eigenvalue weighted by Gasteiger charge is -2.30. The minimum absolute atomic E-state index is 0.112. The molecule has 1 aliphatic heterocycles. The molecule has 24 heavy (non-hydrogen) atoms. The molecule has 0 atom stereocenters. The fourth-order valence-electron chi connectivity index (χ4n) is 2.91. The van der Waals surface area contributed by atoms with Crippen molar-refractivity contribution in [2.75, 3.05) is 13.1 Å². The normalized spacial score (nSPS) is 15.5. The molecule has 0 spiro atoms. The monoisotopic (exact) mass is 329 g/mol. The van der Waals surface area contributed by atoms with Gasteiger partial charge in [-0.15, -0.1) is 6.58 Å². The molecule has 126 valence electrons. The summed E-state index contributed by atoms with van der Waals surface area (Å²) in [6.07, 6.45) is 4.52. The summed E-state index contributed by atoms with van der Waals surface area (Å²) in [6.45, 7) is 5.00. The van der Waals surface area contributed by atoms with Gasteiger partial charge in [0.15, 0.2) is 0 Å². The van der Waals surface area contributed by atoms with Crippen LogP contribution in [-0.4, -0.2) is 34.0 Å². The molecule has 0 aliphatic carbocycles. The Morgan fingerprint density at radius 2 is 2.12 bits per heavy atom. The molecule has 1 aliphatic rings. The average molecular weight is 329 g/mol. The SMILES string of the molecule is C=CCCC(=O)N1CCC(c2nc(-c3ccccc3F)no2)CC1. The van der Waals surface area contributed by atoms with E-state index in [1.165, 1.54) is 6.07 Å². The van der Waals surface area contributed by atoms with Gasteiger partial charge in [-0.25, -0.2) is 4.39 Å². The number of carbonyl (C=O) groups is 1. The quantitative estimate of drug-likeness (QED) is 0.787. The van der Waals surface area contributed by atoms with Crippen molar-refractivity contribution in [3.63, 3.8) is 0 Å². The molecular formula is C18H20FN3O2. The smallest absolute Gasteiger partial charge is 0.230 e. The highest BCUT2D eigenvalue weighted by Crippen LogP contribution is 2.29. The highest BCUT2D eigenvalue weighted by Gasteiger charge is 2.27. The standard InChI is InChI=1S/C18H20FN3O2/c1-2-3-8-16(23)22-11-9-13(10-12-22)18-20-17(21-24-18)14-6-4-5-7-15(14)19/h2,4-7,13H,1,3,8-12H2. The van der Waals surface area contributed by atoms with Gasteiger partial charge in [-0.05, 0) is 31.4 Å². The van der Waals surface area contributed by atoms with E-state index in [1.54, 1.807) is 24.3 Å². The van der Waals surface area contributed by atoms with E-state index in [0.29, 0.717) is 37.4 Å². The van der Waals surface area contributed by atoms with E-state index in [0.717, 1.165) is 12.8 Å². The number of aromatic nitrogens is 2. The Labute approximate surface area is 140 Å². The molecule has 1 amide bonds. The Balaban J connectivity index is 1.62. The molecule has 1 aromatic carbocycles. The van der Waals surface area contributed by atoms with Crippen molar-refractivity contribution in [1.29, 1.82) is 0 Å². The van der Waals surface area contributed by atoms with Crippen LogP contribution in [-0.2, 0) is 4.79 Å². The number of benzene rings is 1. The molecule has 1 aromatic heterocycles. The first-order valence-electron chi connectivity index (χ1n) is 8.16. The first kappa shape index (κ1) is 16.4. The number of halogens is 1. The van der Waals surface area contributed by atoms with Gasteiger partial charge in [0, 0.05) is 25.4 Å². The highest BCUT2D eigenvalue weighted by molar-refractivity contribution is 5.76. The summed E-state index contributed by atoms with van der Waals surface area (Å²) in [6, 6.07) is 6.37. The molecule has 2 heterocycles. The third kappa shape index (κ3) is 3.53. The van der Waals surface area contributed by atoms with Crippen LogP contribution in [0.1, 0.15) is 37.5 Å². The van der Waals surface area contributed by atoms with Crippen molar-refractivity contribution >= 4 is 5.91 Å². The van der Waals surface area contributed by atoms with Crippen molar-refractivity contribution < 1.29 is 13.7 Å². The van der Waals surface area contributed by atoms with Gasteiger partial charge in [0.25, 0.3) is 0 Å². The van der Waals surface area contributed by atoms with Crippen LogP contribution in [0.4, 0.5) is 4.39 Å². The lowest BCUT2D eigenvalue weighted by atomic mass is 9.96. The van der Waals surface area contributed by atoms with Crippen molar-refractivity contribution in [3.05, 3.63) is 48.6 Å². The van der Waals surface area contributed by atoms with Crippen molar-refractivity contribution in [3.8, 4) is 11.4 Å². The number of carbonyl (C=O) groups excluding carboxylic acids is 1. The zero-order valence-corrected chi connectivity index (χ0v) is 13.4. The molecule has 1 fully saturated rings. The number of allylic oxidation sites excluding steroid dienone is 1. The molecule has 0 saturated carbocycles. The van der Waals surface area contributed by atoms with E-state index in [2.05, 4.69) is 16.7 Å². The van der Waals surface area contributed by atoms with Gasteiger partial charge in [-0.2, -0.15) is 4.98 Å². The Morgan fingerprint density at radius 3 is 2.83 bits per heavy atom. The summed E-state index contributed by atoms with van der Waals surface area (Å²) in [5.74, 6) is 0.693. The van der Waals surface area contributed by atoms with E-state index < -0.39 is 0 Å². The Bertz CT molecular complexity index is 721. The first-order chi connectivity index (χ1) is 11.7. The van der Waals surface area contributed by atoms with Gasteiger partial charge in [0.2, 0.25) is 17.6 Å². The molecule has 1 saturated heterocycles. The van der Waals surface area contributed by atoms with Gasteiger partial charge in [0.05, 0.1) is 5.56 Å². The number of piperidine rings is 1. The molecule has 0 radical (unpaired) electrons. The maximum Gasteiger partial charge on any atom is 0.230 e. The molecule has 3 rings (SSSR count). The number of nitrogens with zero attached hydrogens (tertiary/aromatic N) is 3. The number of likely N-dealkylation sites (tertiary alicyclic amines) is 1. The maximum absolute atomic E-state index is 13.8. The third-order valence-electron chi connectivity index (χ3n) is 4.32. The number of rotatable bonds is 5. The topological polar surface area (TPSA) is 59.2 Å². The van der Waals surface area contributed by atoms with Crippen LogP contribution in [0, 0.1) is 5.82 Å². The van der Waals surface area contributed by atoms with E-state index in [-0.39, 0.29) is 23.5 Å². The van der Waals surface area contributed by atoms with Crippen LogP contribution in [0.2, 0.25) is 0 Å². The second kappa shape index (κ2) is 7.38. The highest BCUT2D eigenvalue weighted by atomic mass is 19.1. The van der Waals surface area contributed by atoms with Gasteiger partial charge < -0.3 is 9.42 Å². The van der Waals surface area contributed by atoms with E-state index >= 15 is 0 Å². The summed E-state index contributed by atoms with van der Waals surface area (Å²) < 4.78 is 19.1. The zero-order valence-electron chi connectivity index (χ0n) is 13.4. The van der Waals surface area contributed by atoms with Crippen molar-refractivity contribution in [2.24, 2.45) is 0 Å². The fourth-order valence-corrected chi connectivity index (χ4v) is 2.91. The van der Waals surface area contributed by atoms with Crippen LogP contribution in [0.25, 0.3) is 11.4 Å². The fraction of sp³-hybridized carbons (Fsp3) is 0.389. The largest absolute Gasteiger partial charge is 0.343 e. The molecule has 0 N–H and O–H groups in total. The van der Waals surface area contributed by atoms with Gasteiger partial charge >= 0.3 is 0 Å².